The minimum Gasteiger partial charge on any atom is -0.352 e. The maximum atomic E-state index is 11.7. The van der Waals surface area contributed by atoms with Gasteiger partial charge in [-0.3, -0.25) is 4.79 Å². The predicted molar refractivity (Wildman–Crippen MR) is 77.5 cm³/mol. The summed E-state index contributed by atoms with van der Waals surface area (Å²) in [7, 11) is 0. The highest BCUT2D eigenvalue weighted by atomic mass is 16.2. The predicted octanol–water partition coefficient (Wildman–Crippen LogP) is 1.74. The Kier molecular flexibility index (Phi) is 9.98. The van der Waals surface area contributed by atoms with E-state index in [0.29, 0.717) is 0 Å². The highest BCUT2D eigenvalue weighted by molar-refractivity contribution is 5.81. The van der Waals surface area contributed by atoms with Crippen molar-refractivity contribution >= 4 is 5.91 Å². The molecule has 1 amide bonds. The summed E-state index contributed by atoms with van der Waals surface area (Å²) in [5.41, 5.74) is 5.78. The molecule has 1 unspecified atom stereocenters. The quantitative estimate of drug-likeness (QED) is 0.627. The molecule has 4 nitrogen and oxygen atoms in total. The van der Waals surface area contributed by atoms with E-state index < -0.39 is 0 Å². The number of nitrogens with two attached hydrogens (primary N) is 1. The largest absolute Gasteiger partial charge is 0.352 e. The molecule has 0 aliphatic rings. The van der Waals surface area contributed by atoms with Crippen molar-refractivity contribution in [2.45, 2.75) is 65.5 Å². The van der Waals surface area contributed by atoms with E-state index in [2.05, 4.69) is 31.0 Å². The molecule has 0 saturated carbocycles. The lowest BCUT2D eigenvalue weighted by molar-refractivity contribution is -0.123. The molecule has 3 N–H and O–H groups in total. The van der Waals surface area contributed by atoms with Crippen molar-refractivity contribution in [2.75, 3.05) is 19.6 Å². The van der Waals surface area contributed by atoms with Gasteiger partial charge in [0.15, 0.2) is 0 Å². The molecule has 0 heterocycles. The topological polar surface area (TPSA) is 58.4 Å². The first-order chi connectivity index (χ1) is 8.54. The molecule has 0 aliphatic carbocycles. The van der Waals surface area contributed by atoms with E-state index in [1.165, 1.54) is 0 Å². The Labute approximate surface area is 112 Å². The van der Waals surface area contributed by atoms with Crippen molar-refractivity contribution in [1.29, 1.82) is 0 Å². The van der Waals surface area contributed by atoms with Crippen LogP contribution in [0.3, 0.4) is 0 Å². The Morgan fingerprint density at radius 2 is 1.83 bits per heavy atom. The van der Waals surface area contributed by atoms with Crippen LogP contribution in [0.4, 0.5) is 0 Å². The number of nitrogens with zero attached hydrogens (tertiary/aromatic N) is 1. The molecule has 108 valence electrons. The Bertz CT molecular complexity index is 217. The fraction of sp³-hybridized carbons (Fsp3) is 0.929. The number of nitrogens with one attached hydrogen (secondary N) is 1. The number of carbonyl (C=O) groups excluding carboxylic acids is 1. The van der Waals surface area contributed by atoms with Gasteiger partial charge in [-0.2, -0.15) is 0 Å². The zero-order chi connectivity index (χ0) is 14.0. The second-order valence-electron chi connectivity index (χ2n) is 4.97. The van der Waals surface area contributed by atoms with Gasteiger partial charge in [0.2, 0.25) is 5.91 Å². The Morgan fingerprint density at radius 3 is 2.33 bits per heavy atom. The summed E-state index contributed by atoms with van der Waals surface area (Å²) < 4.78 is 0. The number of rotatable bonds is 10. The third-order valence-electron chi connectivity index (χ3n) is 3.33. The van der Waals surface area contributed by atoms with Crippen LogP contribution in [-0.2, 0) is 4.79 Å². The van der Waals surface area contributed by atoms with Gasteiger partial charge in [0.1, 0.15) is 0 Å². The number of amides is 1. The summed E-state index contributed by atoms with van der Waals surface area (Å²) in [6.07, 6.45) is 3.84. The van der Waals surface area contributed by atoms with Crippen LogP contribution in [0.2, 0.25) is 0 Å². The monoisotopic (exact) mass is 257 g/mol. The maximum Gasteiger partial charge on any atom is 0.237 e. The fourth-order valence-electron chi connectivity index (χ4n) is 2.03. The highest BCUT2D eigenvalue weighted by Gasteiger charge is 2.14. The lowest BCUT2D eigenvalue weighted by Crippen LogP contribution is -2.44. The smallest absolute Gasteiger partial charge is 0.237 e. The highest BCUT2D eigenvalue weighted by Crippen LogP contribution is 2.01. The Morgan fingerprint density at radius 1 is 1.22 bits per heavy atom. The van der Waals surface area contributed by atoms with E-state index >= 15 is 0 Å². The third kappa shape index (κ3) is 7.67. The lowest BCUT2D eigenvalue weighted by atomic mass is 10.1. The summed E-state index contributed by atoms with van der Waals surface area (Å²) >= 11 is 0. The second-order valence-corrected chi connectivity index (χ2v) is 4.97. The molecule has 0 bridgehead atoms. The van der Waals surface area contributed by atoms with Crippen LogP contribution in [0.15, 0.2) is 0 Å². The third-order valence-corrected chi connectivity index (χ3v) is 3.33. The van der Waals surface area contributed by atoms with Crippen LogP contribution in [-0.4, -0.2) is 42.5 Å². The van der Waals surface area contributed by atoms with Crippen molar-refractivity contribution in [1.82, 2.24) is 10.2 Å². The zero-order valence-electron chi connectivity index (χ0n) is 12.5. The van der Waals surface area contributed by atoms with E-state index in [1.807, 2.05) is 6.92 Å². The zero-order valence-corrected chi connectivity index (χ0v) is 12.5. The lowest BCUT2D eigenvalue weighted by Gasteiger charge is -2.20. The molecule has 0 radical (unpaired) electrons. The Balaban J connectivity index is 3.76. The molecule has 0 saturated heterocycles. The number of hydrogen-bond donors (Lipinski definition) is 2. The van der Waals surface area contributed by atoms with Crippen molar-refractivity contribution in [3.8, 4) is 0 Å². The summed E-state index contributed by atoms with van der Waals surface area (Å²) in [5, 5.41) is 2.99. The maximum absolute atomic E-state index is 11.7. The molecule has 0 fully saturated rings. The summed E-state index contributed by atoms with van der Waals surface area (Å²) in [4.78, 5) is 14.1. The van der Waals surface area contributed by atoms with E-state index in [0.717, 1.165) is 45.3 Å². The van der Waals surface area contributed by atoms with Crippen LogP contribution in [0.5, 0.6) is 0 Å². The van der Waals surface area contributed by atoms with E-state index in [4.69, 9.17) is 5.73 Å². The average molecular weight is 257 g/mol. The van der Waals surface area contributed by atoms with Gasteiger partial charge in [0.05, 0.1) is 6.04 Å². The van der Waals surface area contributed by atoms with Gasteiger partial charge in [-0.25, -0.2) is 0 Å². The fourth-order valence-corrected chi connectivity index (χ4v) is 2.03. The molecule has 0 rings (SSSR count). The molecule has 0 aromatic carbocycles. The van der Waals surface area contributed by atoms with Crippen LogP contribution in [0, 0.1) is 0 Å². The van der Waals surface area contributed by atoms with Gasteiger partial charge in [-0.15, -0.1) is 0 Å². The van der Waals surface area contributed by atoms with E-state index in [1.54, 1.807) is 0 Å². The van der Waals surface area contributed by atoms with Crippen molar-refractivity contribution < 1.29 is 4.79 Å². The molecule has 0 aliphatic heterocycles. The number of carbonyl (C=O) groups is 1. The van der Waals surface area contributed by atoms with Gasteiger partial charge >= 0.3 is 0 Å². The first-order valence-electron chi connectivity index (χ1n) is 7.33. The van der Waals surface area contributed by atoms with Crippen LogP contribution >= 0.6 is 0 Å². The molecule has 0 aromatic rings. The summed E-state index contributed by atoms with van der Waals surface area (Å²) in [6, 6.07) is -0.129. The standard InChI is InChI=1S/C14H31N3O/c1-5-9-13(15)14(18)16-12(4)10-8-11-17(6-2)7-3/h12-13H,5-11,15H2,1-4H3,(H,16,18)/t12?,13-/m0/s1. The van der Waals surface area contributed by atoms with Crippen molar-refractivity contribution in [3.05, 3.63) is 0 Å². The Hall–Kier alpha value is -0.610. The van der Waals surface area contributed by atoms with E-state index in [-0.39, 0.29) is 18.0 Å². The first kappa shape index (κ1) is 17.4. The minimum atomic E-state index is -0.347. The van der Waals surface area contributed by atoms with Crippen LogP contribution in [0.1, 0.15) is 53.4 Å². The molecule has 0 spiro atoms. The van der Waals surface area contributed by atoms with E-state index in [9.17, 15) is 4.79 Å². The molecule has 18 heavy (non-hydrogen) atoms. The van der Waals surface area contributed by atoms with Gasteiger partial charge in [-0.05, 0) is 45.8 Å². The molecule has 2 atom stereocenters. The second kappa shape index (κ2) is 10.3. The van der Waals surface area contributed by atoms with Gasteiger partial charge < -0.3 is 16.0 Å². The number of hydrogen-bond acceptors (Lipinski definition) is 3. The van der Waals surface area contributed by atoms with Crippen molar-refractivity contribution in [2.24, 2.45) is 5.73 Å². The molecular formula is C14H31N3O. The normalized spacial score (nSPS) is 14.6. The molecule has 4 heteroatoms. The molecular weight excluding hydrogens is 226 g/mol. The first-order valence-corrected chi connectivity index (χ1v) is 7.33. The van der Waals surface area contributed by atoms with Gasteiger partial charge in [0, 0.05) is 6.04 Å². The van der Waals surface area contributed by atoms with Crippen molar-refractivity contribution in [3.63, 3.8) is 0 Å². The minimum absolute atomic E-state index is 0.00723. The van der Waals surface area contributed by atoms with Gasteiger partial charge in [-0.1, -0.05) is 27.2 Å². The average Bonchev–Trinajstić information content (AvgIpc) is 2.34. The molecule has 0 aromatic heterocycles. The van der Waals surface area contributed by atoms with Gasteiger partial charge in [0.25, 0.3) is 0 Å². The van der Waals surface area contributed by atoms with Crippen LogP contribution in [0.25, 0.3) is 0 Å². The van der Waals surface area contributed by atoms with Crippen LogP contribution < -0.4 is 11.1 Å². The summed E-state index contributed by atoms with van der Waals surface area (Å²) in [6.45, 7) is 11.8. The summed E-state index contributed by atoms with van der Waals surface area (Å²) in [5.74, 6) is -0.00723. The SMILES string of the molecule is CCC[C@H](N)C(=O)NC(C)CCCN(CC)CC.